The molecule has 0 saturated heterocycles. The van der Waals surface area contributed by atoms with Crippen molar-refractivity contribution in [1.29, 1.82) is 0 Å². The van der Waals surface area contributed by atoms with E-state index >= 15 is 0 Å². The Morgan fingerprint density at radius 2 is 2.12 bits per heavy atom. The third kappa shape index (κ3) is 3.63. The van der Waals surface area contributed by atoms with E-state index < -0.39 is 30.8 Å². The Balaban J connectivity index is 2.61. The summed E-state index contributed by atoms with van der Waals surface area (Å²) in [5.74, 6) is -1.53. The van der Waals surface area contributed by atoms with Gasteiger partial charge in [0, 0.05) is 12.1 Å². The molecule has 0 aliphatic carbocycles. The van der Waals surface area contributed by atoms with Gasteiger partial charge in [0.05, 0.1) is 5.69 Å². The molecule has 0 spiro atoms. The van der Waals surface area contributed by atoms with Crippen LogP contribution >= 0.6 is 0 Å². The molecule has 1 atom stereocenters. The molecule has 1 aromatic carbocycles. The van der Waals surface area contributed by atoms with E-state index in [0.29, 0.717) is 0 Å². The van der Waals surface area contributed by atoms with Gasteiger partial charge in [-0.25, -0.2) is 13.2 Å². The maximum absolute atomic E-state index is 13.0. The van der Waals surface area contributed by atoms with E-state index in [4.69, 9.17) is 10.8 Å². The monoisotopic (exact) mass is 248 g/mol. The Morgan fingerprint density at radius 3 is 2.65 bits per heavy atom. The zero-order valence-corrected chi connectivity index (χ0v) is 8.66. The third-order valence-electron chi connectivity index (χ3n) is 2.03. The standard InChI is InChI=1S/C10H11F3N2O2/c11-6-3-5(1-2-7(6)14)10(17)15-4-8(16)9(12)13/h1-3,8-9,16H,4,14H2,(H,15,17). The summed E-state index contributed by atoms with van der Waals surface area (Å²) in [6.45, 7) is -0.609. The van der Waals surface area contributed by atoms with Crippen LogP contribution in [-0.4, -0.2) is 30.1 Å². The molecule has 0 fully saturated rings. The molecule has 4 nitrogen and oxygen atoms in total. The summed E-state index contributed by atoms with van der Waals surface area (Å²) in [6.07, 6.45) is -4.89. The first-order chi connectivity index (χ1) is 7.91. The summed E-state index contributed by atoms with van der Waals surface area (Å²) in [5.41, 5.74) is 5.03. The minimum absolute atomic E-state index is 0.0573. The fourth-order valence-electron chi connectivity index (χ4n) is 1.06. The summed E-state index contributed by atoms with van der Waals surface area (Å²) in [7, 11) is 0. The van der Waals surface area contributed by atoms with Gasteiger partial charge in [0.25, 0.3) is 12.3 Å². The highest BCUT2D eigenvalue weighted by Gasteiger charge is 2.18. The second kappa shape index (κ2) is 5.53. The fraction of sp³-hybridized carbons (Fsp3) is 0.300. The van der Waals surface area contributed by atoms with Crippen LogP contribution in [0.25, 0.3) is 0 Å². The summed E-state index contributed by atoms with van der Waals surface area (Å²) < 4.78 is 36.8. The van der Waals surface area contributed by atoms with Crippen molar-refractivity contribution >= 4 is 11.6 Å². The maximum atomic E-state index is 13.0. The molecule has 0 bridgehead atoms. The number of nitrogens with two attached hydrogens (primary N) is 1. The number of amides is 1. The molecule has 0 heterocycles. The molecule has 0 aromatic heterocycles. The van der Waals surface area contributed by atoms with Crippen LogP contribution in [0.5, 0.6) is 0 Å². The number of rotatable bonds is 4. The van der Waals surface area contributed by atoms with E-state index in [9.17, 15) is 18.0 Å². The minimum atomic E-state index is -2.95. The van der Waals surface area contributed by atoms with Crippen LogP contribution in [0.2, 0.25) is 0 Å². The van der Waals surface area contributed by atoms with Gasteiger partial charge >= 0.3 is 0 Å². The second-order valence-electron chi connectivity index (χ2n) is 3.35. The van der Waals surface area contributed by atoms with E-state index in [1.165, 1.54) is 12.1 Å². The SMILES string of the molecule is Nc1ccc(C(=O)NCC(O)C(F)F)cc1F. The van der Waals surface area contributed by atoms with Crippen LogP contribution in [0.3, 0.4) is 0 Å². The lowest BCUT2D eigenvalue weighted by molar-refractivity contribution is -0.00270. The van der Waals surface area contributed by atoms with Crippen molar-refractivity contribution in [2.75, 3.05) is 12.3 Å². The highest BCUT2D eigenvalue weighted by atomic mass is 19.3. The van der Waals surface area contributed by atoms with Crippen LogP contribution in [0.4, 0.5) is 18.9 Å². The number of carbonyl (C=O) groups is 1. The molecule has 0 radical (unpaired) electrons. The van der Waals surface area contributed by atoms with Crippen molar-refractivity contribution in [3.05, 3.63) is 29.6 Å². The average Bonchev–Trinajstić information content (AvgIpc) is 2.28. The van der Waals surface area contributed by atoms with Gasteiger partial charge in [0.2, 0.25) is 0 Å². The molecule has 0 aliphatic rings. The predicted molar refractivity (Wildman–Crippen MR) is 55.2 cm³/mol. The lowest BCUT2D eigenvalue weighted by Gasteiger charge is -2.10. The van der Waals surface area contributed by atoms with Crippen LogP contribution < -0.4 is 11.1 Å². The van der Waals surface area contributed by atoms with E-state index in [2.05, 4.69) is 5.32 Å². The number of anilines is 1. The van der Waals surface area contributed by atoms with Gasteiger partial charge in [-0.05, 0) is 18.2 Å². The van der Waals surface area contributed by atoms with Gasteiger partial charge in [-0.2, -0.15) is 0 Å². The first kappa shape index (κ1) is 13.3. The van der Waals surface area contributed by atoms with E-state index in [1.807, 2.05) is 0 Å². The number of nitrogen functional groups attached to an aromatic ring is 1. The highest BCUT2D eigenvalue weighted by Crippen LogP contribution is 2.11. The Labute approximate surface area is 95.2 Å². The molecular weight excluding hydrogens is 237 g/mol. The molecule has 7 heteroatoms. The van der Waals surface area contributed by atoms with Gasteiger partial charge in [0.15, 0.2) is 0 Å². The molecule has 0 aliphatic heterocycles. The van der Waals surface area contributed by atoms with Crippen molar-refractivity contribution in [2.24, 2.45) is 0 Å². The average molecular weight is 248 g/mol. The second-order valence-corrected chi connectivity index (χ2v) is 3.35. The van der Waals surface area contributed by atoms with Crippen molar-refractivity contribution in [3.63, 3.8) is 0 Å². The highest BCUT2D eigenvalue weighted by molar-refractivity contribution is 5.94. The zero-order chi connectivity index (χ0) is 13.0. The molecule has 1 unspecified atom stereocenters. The number of aliphatic hydroxyl groups excluding tert-OH is 1. The molecule has 1 rings (SSSR count). The lowest BCUT2D eigenvalue weighted by Crippen LogP contribution is -2.35. The fourth-order valence-corrected chi connectivity index (χ4v) is 1.06. The Kier molecular flexibility index (Phi) is 4.33. The number of nitrogens with one attached hydrogen (secondary N) is 1. The number of hydrogen-bond acceptors (Lipinski definition) is 3. The molecule has 0 saturated carbocycles. The van der Waals surface area contributed by atoms with Crippen molar-refractivity contribution in [2.45, 2.75) is 12.5 Å². The quantitative estimate of drug-likeness (QED) is 0.689. The number of alkyl halides is 2. The first-order valence-corrected chi connectivity index (χ1v) is 4.71. The molecule has 1 aromatic rings. The normalized spacial score (nSPS) is 12.5. The van der Waals surface area contributed by atoms with Gasteiger partial charge < -0.3 is 16.2 Å². The number of halogens is 3. The topological polar surface area (TPSA) is 75.4 Å². The number of carbonyl (C=O) groups excluding carboxylic acids is 1. The molecule has 4 N–H and O–H groups in total. The third-order valence-corrected chi connectivity index (χ3v) is 2.03. The van der Waals surface area contributed by atoms with Gasteiger partial charge in [0.1, 0.15) is 11.9 Å². The number of hydrogen-bond donors (Lipinski definition) is 3. The Morgan fingerprint density at radius 1 is 1.47 bits per heavy atom. The predicted octanol–water partition coefficient (Wildman–Crippen LogP) is 0.764. The lowest BCUT2D eigenvalue weighted by atomic mass is 10.2. The largest absolute Gasteiger partial charge is 0.396 e. The van der Waals surface area contributed by atoms with Crippen LogP contribution in [0, 0.1) is 5.82 Å². The number of benzene rings is 1. The first-order valence-electron chi connectivity index (χ1n) is 4.71. The summed E-state index contributed by atoms with van der Waals surface area (Å²) in [5, 5.41) is 10.8. The zero-order valence-electron chi connectivity index (χ0n) is 8.66. The van der Waals surface area contributed by atoms with E-state index in [0.717, 1.165) is 6.07 Å². The molecular formula is C10H11F3N2O2. The molecule has 1 amide bonds. The van der Waals surface area contributed by atoms with Gasteiger partial charge in [-0.1, -0.05) is 0 Å². The van der Waals surface area contributed by atoms with Crippen LogP contribution in [-0.2, 0) is 0 Å². The Hall–Kier alpha value is -1.76. The Bertz CT molecular complexity index is 413. The van der Waals surface area contributed by atoms with Crippen LogP contribution in [0.1, 0.15) is 10.4 Å². The van der Waals surface area contributed by atoms with Crippen LogP contribution in [0.15, 0.2) is 18.2 Å². The van der Waals surface area contributed by atoms with E-state index in [-0.39, 0.29) is 11.3 Å². The smallest absolute Gasteiger partial charge is 0.265 e. The summed E-state index contributed by atoms with van der Waals surface area (Å²) in [4.78, 5) is 11.4. The van der Waals surface area contributed by atoms with Crippen molar-refractivity contribution in [3.8, 4) is 0 Å². The summed E-state index contributed by atoms with van der Waals surface area (Å²) in [6, 6.07) is 3.33. The molecule has 94 valence electrons. The minimum Gasteiger partial charge on any atom is -0.396 e. The van der Waals surface area contributed by atoms with Crippen molar-refractivity contribution < 1.29 is 23.1 Å². The molecule has 17 heavy (non-hydrogen) atoms. The maximum Gasteiger partial charge on any atom is 0.265 e. The summed E-state index contributed by atoms with van der Waals surface area (Å²) >= 11 is 0. The number of aliphatic hydroxyl groups is 1. The van der Waals surface area contributed by atoms with E-state index in [1.54, 1.807) is 0 Å². The van der Waals surface area contributed by atoms with Gasteiger partial charge in [-0.15, -0.1) is 0 Å². The van der Waals surface area contributed by atoms with Crippen molar-refractivity contribution in [1.82, 2.24) is 5.32 Å². The van der Waals surface area contributed by atoms with Gasteiger partial charge in [-0.3, -0.25) is 4.79 Å².